The fraction of sp³-hybridized carbons (Fsp3) is 0.500. The number of anilines is 1. The number of nitrogen functional groups attached to an aromatic ring is 1. The van der Waals surface area contributed by atoms with Crippen LogP contribution in [0.3, 0.4) is 0 Å². The van der Waals surface area contributed by atoms with E-state index in [9.17, 15) is 0 Å². The molecule has 4 unspecified atom stereocenters. The van der Waals surface area contributed by atoms with E-state index in [-0.39, 0.29) is 6.10 Å². The molecular formula is C14H18N2OS. The summed E-state index contributed by atoms with van der Waals surface area (Å²) >= 11 is 1.75. The molecule has 0 radical (unpaired) electrons. The van der Waals surface area contributed by atoms with Crippen molar-refractivity contribution in [3.63, 3.8) is 0 Å². The number of aromatic nitrogens is 1. The van der Waals surface area contributed by atoms with Crippen molar-refractivity contribution in [2.45, 2.75) is 38.9 Å². The summed E-state index contributed by atoms with van der Waals surface area (Å²) in [4.78, 5) is 4.75. The number of fused-ring (bicyclic) bond motifs is 1. The molecule has 2 heterocycles. The molecule has 0 saturated carbocycles. The van der Waals surface area contributed by atoms with Crippen LogP contribution in [-0.4, -0.2) is 17.2 Å². The van der Waals surface area contributed by atoms with Gasteiger partial charge in [0.2, 0.25) is 0 Å². The summed E-state index contributed by atoms with van der Waals surface area (Å²) < 4.78 is 7.07. The summed E-state index contributed by atoms with van der Waals surface area (Å²) in [6.07, 6.45) is 0.551. The maximum atomic E-state index is 5.90. The summed E-state index contributed by atoms with van der Waals surface area (Å²) in [5.41, 5.74) is 7.66. The van der Waals surface area contributed by atoms with Gasteiger partial charge in [0, 0.05) is 11.6 Å². The van der Waals surface area contributed by atoms with Crippen molar-refractivity contribution >= 4 is 27.2 Å². The van der Waals surface area contributed by atoms with Gasteiger partial charge in [-0.15, -0.1) is 11.3 Å². The van der Waals surface area contributed by atoms with Crippen molar-refractivity contribution in [2.24, 2.45) is 5.92 Å². The van der Waals surface area contributed by atoms with E-state index in [4.69, 9.17) is 15.5 Å². The standard InChI is InChI=1S/C14H18N2OS/c1-7-8(2)17-9(3)13(7)14-16-11-5-4-10(15)6-12(11)18-14/h4-9,13H,15H2,1-3H3. The molecule has 2 N–H and O–H groups in total. The molecule has 1 aromatic carbocycles. The lowest BCUT2D eigenvalue weighted by molar-refractivity contribution is 0.0557. The van der Waals surface area contributed by atoms with Crippen LogP contribution in [-0.2, 0) is 4.74 Å². The molecule has 18 heavy (non-hydrogen) atoms. The molecule has 3 rings (SSSR count). The second-order valence-electron chi connectivity index (χ2n) is 5.21. The van der Waals surface area contributed by atoms with Gasteiger partial charge in [-0.1, -0.05) is 6.92 Å². The maximum Gasteiger partial charge on any atom is 0.0999 e. The maximum absolute atomic E-state index is 5.90. The number of nitrogens with zero attached hydrogens (tertiary/aromatic N) is 1. The van der Waals surface area contributed by atoms with Crippen LogP contribution in [0.4, 0.5) is 5.69 Å². The van der Waals surface area contributed by atoms with Gasteiger partial charge >= 0.3 is 0 Å². The van der Waals surface area contributed by atoms with Crippen LogP contribution in [0.25, 0.3) is 10.2 Å². The van der Waals surface area contributed by atoms with Crippen LogP contribution in [0.2, 0.25) is 0 Å². The Balaban J connectivity index is 2.04. The van der Waals surface area contributed by atoms with Crippen LogP contribution in [0.1, 0.15) is 31.7 Å². The Labute approximate surface area is 111 Å². The Hall–Kier alpha value is -1.13. The monoisotopic (exact) mass is 262 g/mol. The lowest BCUT2D eigenvalue weighted by Gasteiger charge is -2.14. The number of nitrogens with two attached hydrogens (primary N) is 1. The Bertz CT molecular complexity index is 580. The van der Waals surface area contributed by atoms with E-state index >= 15 is 0 Å². The fourth-order valence-corrected chi connectivity index (χ4v) is 4.12. The van der Waals surface area contributed by atoms with Crippen LogP contribution in [0.15, 0.2) is 18.2 Å². The molecule has 0 bridgehead atoms. The molecular weight excluding hydrogens is 244 g/mol. The van der Waals surface area contributed by atoms with E-state index in [1.54, 1.807) is 11.3 Å². The highest BCUT2D eigenvalue weighted by molar-refractivity contribution is 7.18. The Morgan fingerprint density at radius 1 is 1.22 bits per heavy atom. The first-order chi connectivity index (χ1) is 8.56. The van der Waals surface area contributed by atoms with Gasteiger partial charge in [-0.05, 0) is 38.0 Å². The predicted molar refractivity (Wildman–Crippen MR) is 75.9 cm³/mol. The van der Waals surface area contributed by atoms with Crippen molar-refractivity contribution in [3.05, 3.63) is 23.2 Å². The molecule has 1 aliphatic heterocycles. The van der Waals surface area contributed by atoms with Crippen molar-refractivity contribution in [1.82, 2.24) is 4.98 Å². The highest BCUT2D eigenvalue weighted by Crippen LogP contribution is 2.42. The number of hydrogen-bond donors (Lipinski definition) is 1. The van der Waals surface area contributed by atoms with E-state index < -0.39 is 0 Å². The zero-order chi connectivity index (χ0) is 12.9. The van der Waals surface area contributed by atoms with Crippen molar-refractivity contribution in [1.29, 1.82) is 0 Å². The predicted octanol–water partition coefficient (Wildman–Crippen LogP) is 3.41. The Morgan fingerprint density at radius 2 is 2.00 bits per heavy atom. The average molecular weight is 262 g/mol. The summed E-state index contributed by atoms with van der Waals surface area (Å²) in [6.45, 7) is 6.54. The van der Waals surface area contributed by atoms with Crippen molar-refractivity contribution in [2.75, 3.05) is 5.73 Å². The molecule has 4 atom stereocenters. The van der Waals surface area contributed by atoms with Crippen LogP contribution in [0, 0.1) is 5.92 Å². The molecule has 0 aliphatic carbocycles. The quantitative estimate of drug-likeness (QED) is 0.801. The fourth-order valence-electron chi connectivity index (χ4n) is 2.79. The minimum absolute atomic E-state index is 0.243. The number of rotatable bonds is 1. The topological polar surface area (TPSA) is 48.1 Å². The van der Waals surface area contributed by atoms with Gasteiger partial charge in [-0.3, -0.25) is 0 Å². The van der Waals surface area contributed by atoms with Crippen molar-refractivity contribution in [3.8, 4) is 0 Å². The first-order valence-electron chi connectivity index (χ1n) is 6.37. The van der Waals surface area contributed by atoms with Crippen LogP contribution < -0.4 is 5.73 Å². The molecule has 3 nitrogen and oxygen atoms in total. The van der Waals surface area contributed by atoms with Gasteiger partial charge < -0.3 is 10.5 Å². The van der Waals surface area contributed by atoms with E-state index in [0.29, 0.717) is 17.9 Å². The molecule has 96 valence electrons. The molecule has 0 amide bonds. The second kappa shape index (κ2) is 4.21. The number of thiazole rings is 1. The third-order valence-electron chi connectivity index (χ3n) is 3.96. The third-order valence-corrected chi connectivity index (χ3v) is 5.08. The molecule has 1 aliphatic rings. The van der Waals surface area contributed by atoms with Gasteiger partial charge in [0.1, 0.15) is 0 Å². The SMILES string of the molecule is CC1OC(C)C(c2nc3ccc(N)cc3s2)C1C. The number of benzene rings is 1. The largest absolute Gasteiger partial charge is 0.399 e. The highest BCUT2D eigenvalue weighted by atomic mass is 32.1. The Kier molecular flexibility index (Phi) is 2.79. The van der Waals surface area contributed by atoms with E-state index in [1.807, 2.05) is 18.2 Å². The van der Waals surface area contributed by atoms with Crippen molar-refractivity contribution < 1.29 is 4.74 Å². The first-order valence-corrected chi connectivity index (χ1v) is 7.19. The van der Waals surface area contributed by atoms with Crippen LogP contribution >= 0.6 is 11.3 Å². The summed E-state index contributed by atoms with van der Waals surface area (Å²) in [5.74, 6) is 0.913. The zero-order valence-electron chi connectivity index (χ0n) is 10.9. The first kappa shape index (κ1) is 11.9. The average Bonchev–Trinajstić information content (AvgIpc) is 2.80. The summed E-state index contributed by atoms with van der Waals surface area (Å²) in [7, 11) is 0. The van der Waals surface area contributed by atoms with Gasteiger partial charge in [0.05, 0.1) is 27.4 Å². The number of ether oxygens (including phenoxy) is 1. The molecule has 1 fully saturated rings. The van der Waals surface area contributed by atoms with E-state index in [0.717, 1.165) is 11.2 Å². The normalized spacial score (nSPS) is 32.2. The molecule has 1 aromatic heterocycles. The molecule has 4 heteroatoms. The molecule has 0 spiro atoms. The molecule has 2 aromatic rings. The summed E-state index contributed by atoms with van der Waals surface area (Å²) in [6, 6.07) is 5.91. The minimum atomic E-state index is 0.243. The summed E-state index contributed by atoms with van der Waals surface area (Å²) in [5, 5.41) is 1.18. The molecule has 1 saturated heterocycles. The van der Waals surface area contributed by atoms with E-state index in [1.165, 1.54) is 9.71 Å². The second-order valence-corrected chi connectivity index (χ2v) is 6.27. The lowest BCUT2D eigenvalue weighted by atomic mass is 9.90. The van der Waals surface area contributed by atoms with Gasteiger partial charge in [0.15, 0.2) is 0 Å². The van der Waals surface area contributed by atoms with Gasteiger partial charge in [-0.2, -0.15) is 0 Å². The van der Waals surface area contributed by atoms with E-state index in [2.05, 4.69) is 20.8 Å². The zero-order valence-corrected chi connectivity index (χ0v) is 11.7. The minimum Gasteiger partial charge on any atom is -0.399 e. The van der Waals surface area contributed by atoms with Gasteiger partial charge in [0.25, 0.3) is 0 Å². The van der Waals surface area contributed by atoms with Crippen LogP contribution in [0.5, 0.6) is 0 Å². The number of hydrogen-bond acceptors (Lipinski definition) is 4. The smallest absolute Gasteiger partial charge is 0.0999 e. The third kappa shape index (κ3) is 1.80. The Morgan fingerprint density at radius 3 is 2.67 bits per heavy atom. The van der Waals surface area contributed by atoms with Gasteiger partial charge in [-0.25, -0.2) is 4.98 Å². The highest BCUT2D eigenvalue weighted by Gasteiger charge is 2.39. The lowest BCUT2D eigenvalue weighted by Crippen LogP contribution is -2.14.